The Morgan fingerprint density at radius 2 is 0.863 bits per heavy atom. The van der Waals surface area contributed by atoms with Crippen molar-refractivity contribution in [2.45, 2.75) is 57.5 Å². The SMILES string of the molecule is C=CC(=O)OCCCCOc1ccc(C(=O)Cc2ccc(OC(=O)c3ccc4c(c3)C(C)c3cc(C(=O)Oc5ccc(OC(=O)c6ccc(OCCCCOC(=O)C=C)cc6)c6c5OC(F)(F)O6)ccc3-4)c3c2OC(F)(F)O3)cc1. The second kappa shape index (κ2) is 23.5. The molecule has 17 nitrogen and oxygen atoms in total. The fourth-order valence-electron chi connectivity index (χ4n) is 8.59. The predicted molar refractivity (Wildman–Crippen MR) is 272 cm³/mol. The zero-order valence-corrected chi connectivity index (χ0v) is 42.4. The van der Waals surface area contributed by atoms with E-state index >= 15 is 0 Å². The first kappa shape index (κ1) is 55.1. The summed E-state index contributed by atoms with van der Waals surface area (Å²) >= 11 is 0. The van der Waals surface area contributed by atoms with Gasteiger partial charge >= 0.3 is 42.4 Å². The second-order valence-corrected chi connectivity index (χ2v) is 17.9. The maximum atomic E-state index is 14.6. The number of ketones is 1. The number of Topliss-reactive ketones (excluding diaryl/α,β-unsaturated/α-hetero) is 1. The van der Waals surface area contributed by atoms with Crippen LogP contribution in [-0.4, -0.2) is 74.6 Å². The van der Waals surface area contributed by atoms with Gasteiger partial charge in [-0.05, 0) is 139 Å². The molecule has 0 saturated carbocycles. The molecule has 21 heteroatoms. The van der Waals surface area contributed by atoms with Gasteiger partial charge in [-0.3, -0.25) is 4.79 Å². The summed E-state index contributed by atoms with van der Waals surface area (Å²) in [6, 6.07) is 26.0. The van der Waals surface area contributed by atoms with Crippen LogP contribution in [0.5, 0.6) is 51.7 Å². The lowest BCUT2D eigenvalue weighted by molar-refractivity contribution is -0.288. The summed E-state index contributed by atoms with van der Waals surface area (Å²) in [6.45, 7) is 9.52. The maximum absolute atomic E-state index is 14.6. The summed E-state index contributed by atoms with van der Waals surface area (Å²) in [5.74, 6) is -7.66. The molecule has 6 aromatic rings. The minimum absolute atomic E-state index is 0.00953. The molecule has 0 amide bonds. The summed E-state index contributed by atoms with van der Waals surface area (Å²) < 4.78 is 115. The molecule has 412 valence electrons. The first-order chi connectivity index (χ1) is 38.4. The normalized spacial score (nSPS) is 14.4. The molecule has 1 aliphatic carbocycles. The lowest BCUT2D eigenvalue weighted by atomic mass is 9.97. The van der Waals surface area contributed by atoms with Crippen molar-refractivity contribution in [2.24, 2.45) is 0 Å². The Labute approximate surface area is 453 Å². The molecule has 9 rings (SSSR count). The van der Waals surface area contributed by atoms with E-state index in [-0.39, 0.29) is 47.5 Å². The van der Waals surface area contributed by atoms with E-state index in [2.05, 4.69) is 17.9 Å². The highest BCUT2D eigenvalue weighted by atomic mass is 19.3. The first-order valence-electron chi connectivity index (χ1n) is 24.8. The number of carbonyl (C=O) groups is 6. The quantitative estimate of drug-likeness (QED) is 0.0146. The number of hydrogen-bond acceptors (Lipinski definition) is 17. The molecule has 0 N–H and O–H groups in total. The van der Waals surface area contributed by atoms with Crippen molar-refractivity contribution in [3.8, 4) is 62.9 Å². The van der Waals surface area contributed by atoms with Crippen LogP contribution in [0.25, 0.3) is 11.1 Å². The Morgan fingerprint density at radius 3 is 1.31 bits per heavy atom. The summed E-state index contributed by atoms with van der Waals surface area (Å²) in [4.78, 5) is 76.1. The predicted octanol–water partition coefficient (Wildman–Crippen LogP) is 11.3. The van der Waals surface area contributed by atoms with Crippen molar-refractivity contribution in [3.63, 3.8) is 0 Å². The largest absolute Gasteiger partial charge is 0.586 e. The number of ether oxygens (including phenoxy) is 11. The third-order valence-corrected chi connectivity index (χ3v) is 12.5. The molecule has 3 aliphatic rings. The highest BCUT2D eigenvalue weighted by molar-refractivity contribution is 5.99. The Kier molecular flexibility index (Phi) is 16.2. The van der Waals surface area contributed by atoms with Gasteiger partial charge < -0.3 is 52.1 Å². The standard InChI is InChI=1S/C59H46F4O17/c1-4-49(65)72-28-8-6-26-70-39-17-10-34(11-18-39)45(64)32-36-16-23-46(52-51(36)77-58(60,61)78-52)75-56(68)37-14-21-41-42-22-15-38(31-44(42)33(3)43(41)30-37)57(69)76-48-25-24-47(53-54(48)80-59(62,63)79-53)74-55(67)35-12-19-40(20-13-35)71-27-7-9-29-73-50(66)5-2/h4-5,10-25,30-31,33H,1-2,6-9,26-29,32H2,3H3. The van der Waals surface area contributed by atoms with Gasteiger partial charge in [0.1, 0.15) is 11.5 Å². The first-order valence-corrected chi connectivity index (χ1v) is 24.8. The molecule has 0 radical (unpaired) electrons. The molecule has 0 aromatic heterocycles. The summed E-state index contributed by atoms with van der Waals surface area (Å²) in [5.41, 5.74) is 3.06. The fourth-order valence-corrected chi connectivity index (χ4v) is 8.59. The molecule has 0 bridgehead atoms. The van der Waals surface area contributed by atoms with E-state index in [0.717, 1.165) is 24.3 Å². The Morgan fingerprint density at radius 1 is 0.487 bits per heavy atom. The second-order valence-electron chi connectivity index (χ2n) is 17.9. The molecule has 0 spiro atoms. The molecule has 6 aromatic carbocycles. The highest BCUT2D eigenvalue weighted by Crippen LogP contribution is 2.54. The van der Waals surface area contributed by atoms with E-state index in [9.17, 15) is 46.3 Å². The maximum Gasteiger partial charge on any atom is 0.586 e. The summed E-state index contributed by atoms with van der Waals surface area (Å²) in [6.07, 6.45) is -4.31. The summed E-state index contributed by atoms with van der Waals surface area (Å²) in [7, 11) is 0. The minimum atomic E-state index is -4.22. The summed E-state index contributed by atoms with van der Waals surface area (Å²) in [5, 5.41) is 0. The van der Waals surface area contributed by atoms with Gasteiger partial charge in [0.25, 0.3) is 0 Å². The fraction of sp³-hybridized carbons (Fsp3) is 0.220. The average Bonchev–Trinajstić information content (AvgIpc) is 4.14. The van der Waals surface area contributed by atoms with Crippen LogP contribution in [0.2, 0.25) is 0 Å². The van der Waals surface area contributed by atoms with Crippen LogP contribution < -0.4 is 42.6 Å². The number of esters is 5. The topological polar surface area (TPSA) is 204 Å². The number of rotatable bonds is 23. The third-order valence-electron chi connectivity index (χ3n) is 12.5. The number of alkyl halides is 4. The minimum Gasteiger partial charge on any atom is -0.494 e. The van der Waals surface area contributed by atoms with Gasteiger partial charge in [0.2, 0.25) is 17.2 Å². The average molecular weight is 1100 g/mol. The number of fused-ring (bicyclic) bond motifs is 5. The van der Waals surface area contributed by atoms with Gasteiger partial charge in [-0.25, -0.2) is 24.0 Å². The van der Waals surface area contributed by atoms with Gasteiger partial charge in [0.05, 0.1) is 43.1 Å². The molecule has 0 saturated heterocycles. The lowest BCUT2D eigenvalue weighted by Gasteiger charge is -2.12. The molecular formula is C59H46F4O17. The third kappa shape index (κ3) is 12.7. The molecule has 1 unspecified atom stereocenters. The zero-order valence-electron chi connectivity index (χ0n) is 42.4. The Bertz CT molecular complexity index is 3200. The molecule has 2 heterocycles. The number of halogens is 4. The van der Waals surface area contributed by atoms with Crippen LogP contribution in [0.3, 0.4) is 0 Å². The monoisotopic (exact) mass is 1100 g/mol. The molecule has 80 heavy (non-hydrogen) atoms. The van der Waals surface area contributed by atoms with Gasteiger partial charge in [-0.2, -0.15) is 0 Å². The van der Waals surface area contributed by atoms with E-state index in [1.807, 2.05) is 6.92 Å². The van der Waals surface area contributed by atoms with Crippen LogP contribution in [0, 0.1) is 0 Å². The van der Waals surface area contributed by atoms with Crippen molar-refractivity contribution in [2.75, 3.05) is 26.4 Å². The highest BCUT2D eigenvalue weighted by Gasteiger charge is 2.48. The van der Waals surface area contributed by atoms with Crippen LogP contribution in [0.1, 0.15) is 96.6 Å². The smallest absolute Gasteiger partial charge is 0.494 e. The van der Waals surface area contributed by atoms with Gasteiger partial charge in [-0.1, -0.05) is 38.3 Å². The van der Waals surface area contributed by atoms with Crippen LogP contribution in [0.15, 0.2) is 135 Å². The number of carbonyl (C=O) groups excluding carboxylic acids is 6. The lowest BCUT2D eigenvalue weighted by Crippen LogP contribution is -2.26. The zero-order chi connectivity index (χ0) is 56.7. The van der Waals surface area contributed by atoms with Crippen molar-refractivity contribution < 1.29 is 98.4 Å². The van der Waals surface area contributed by atoms with Crippen LogP contribution in [0.4, 0.5) is 17.6 Å². The number of benzene rings is 6. The van der Waals surface area contributed by atoms with Crippen molar-refractivity contribution >= 4 is 35.6 Å². The Hall–Kier alpha value is -9.66. The number of hydrogen-bond donors (Lipinski definition) is 0. The Balaban J connectivity index is 0.816. The van der Waals surface area contributed by atoms with Gasteiger partial charge in [0.15, 0.2) is 28.8 Å². The number of unbranched alkanes of at least 4 members (excludes halogenated alkanes) is 2. The van der Waals surface area contributed by atoms with Gasteiger partial charge in [-0.15, -0.1) is 17.6 Å². The van der Waals surface area contributed by atoms with Crippen LogP contribution >= 0.6 is 0 Å². The van der Waals surface area contributed by atoms with E-state index in [4.69, 9.17) is 47.4 Å². The molecule has 0 fully saturated rings. The van der Waals surface area contributed by atoms with E-state index in [1.165, 1.54) is 66.7 Å². The molecular weight excluding hydrogens is 1060 g/mol. The van der Waals surface area contributed by atoms with Crippen LogP contribution in [-0.2, 0) is 25.5 Å². The van der Waals surface area contributed by atoms with Crippen molar-refractivity contribution in [1.29, 1.82) is 0 Å². The van der Waals surface area contributed by atoms with E-state index < -0.39 is 94.4 Å². The molecule has 1 atom stereocenters. The van der Waals surface area contributed by atoms with Crippen molar-refractivity contribution in [1.82, 2.24) is 0 Å². The van der Waals surface area contributed by atoms with E-state index in [1.54, 1.807) is 30.3 Å². The van der Waals surface area contributed by atoms with E-state index in [0.29, 0.717) is 72.6 Å². The molecule has 2 aliphatic heterocycles. The van der Waals surface area contributed by atoms with Crippen molar-refractivity contribution in [3.05, 3.63) is 173 Å². The van der Waals surface area contributed by atoms with Gasteiger partial charge in [0, 0.05) is 35.6 Å².